The van der Waals surface area contributed by atoms with Crippen LogP contribution in [0.1, 0.15) is 38.7 Å². The summed E-state index contributed by atoms with van der Waals surface area (Å²) in [5.74, 6) is 0.592. The number of hydrogen-bond donors (Lipinski definition) is 0. The second-order valence-electron chi connectivity index (χ2n) is 4.35. The van der Waals surface area contributed by atoms with Gasteiger partial charge in [-0.05, 0) is 30.0 Å². The summed E-state index contributed by atoms with van der Waals surface area (Å²) in [4.78, 5) is 0.804. The van der Waals surface area contributed by atoms with Crippen molar-refractivity contribution in [1.29, 1.82) is 0 Å². The van der Waals surface area contributed by atoms with Crippen molar-refractivity contribution in [3.63, 3.8) is 0 Å². The van der Waals surface area contributed by atoms with E-state index in [4.69, 9.17) is 0 Å². The lowest BCUT2D eigenvalue weighted by molar-refractivity contribution is 0.594. The second kappa shape index (κ2) is 6.01. The van der Waals surface area contributed by atoms with E-state index in [2.05, 4.69) is 29.8 Å². The first-order valence-electron chi connectivity index (χ1n) is 5.85. The highest BCUT2D eigenvalue weighted by atomic mass is 79.9. The molecule has 2 unspecified atom stereocenters. The Morgan fingerprint density at radius 2 is 1.71 bits per heavy atom. The van der Waals surface area contributed by atoms with Crippen LogP contribution in [0.25, 0.3) is 0 Å². The number of rotatable bonds is 5. The van der Waals surface area contributed by atoms with E-state index >= 15 is 0 Å². The molecule has 17 heavy (non-hydrogen) atoms. The highest BCUT2D eigenvalue weighted by Gasteiger charge is 2.15. The molecule has 0 aliphatic carbocycles. The first-order chi connectivity index (χ1) is 7.88. The van der Waals surface area contributed by atoms with Crippen molar-refractivity contribution in [3.05, 3.63) is 29.8 Å². The minimum absolute atomic E-state index is 0.219. The molecule has 0 amide bonds. The van der Waals surface area contributed by atoms with Gasteiger partial charge in [0.15, 0.2) is 9.84 Å². The fraction of sp³-hybridized carbons (Fsp3) is 0.538. The highest BCUT2D eigenvalue weighted by molar-refractivity contribution is 9.09. The second-order valence-corrected chi connectivity index (χ2v) is 7.91. The van der Waals surface area contributed by atoms with Crippen LogP contribution in [0.2, 0.25) is 0 Å². The van der Waals surface area contributed by atoms with Crippen LogP contribution in [0.3, 0.4) is 0 Å². The zero-order chi connectivity index (χ0) is 13.1. The van der Waals surface area contributed by atoms with Crippen molar-refractivity contribution in [1.82, 2.24) is 0 Å². The van der Waals surface area contributed by atoms with Crippen molar-refractivity contribution in [3.8, 4) is 0 Å². The molecule has 1 rings (SSSR count). The van der Waals surface area contributed by atoms with Gasteiger partial charge in [-0.2, -0.15) is 0 Å². The number of benzene rings is 1. The van der Waals surface area contributed by atoms with E-state index in [0.29, 0.717) is 22.1 Å². The van der Waals surface area contributed by atoms with E-state index in [1.165, 1.54) is 0 Å². The third kappa shape index (κ3) is 3.81. The molecule has 2 nitrogen and oxygen atoms in total. The van der Waals surface area contributed by atoms with E-state index in [1.54, 1.807) is 12.1 Å². The SMILES string of the molecule is CCCS(=O)(=O)c1ccc(C(C)C(C)Br)cc1. The van der Waals surface area contributed by atoms with Crippen LogP contribution in [0.4, 0.5) is 0 Å². The fourth-order valence-corrected chi connectivity index (χ4v) is 3.26. The van der Waals surface area contributed by atoms with Gasteiger partial charge in [0.2, 0.25) is 0 Å². The van der Waals surface area contributed by atoms with Crippen LogP contribution < -0.4 is 0 Å². The van der Waals surface area contributed by atoms with Gasteiger partial charge in [0.05, 0.1) is 10.6 Å². The van der Waals surface area contributed by atoms with Crippen molar-refractivity contribution in [2.24, 2.45) is 0 Å². The van der Waals surface area contributed by atoms with E-state index in [9.17, 15) is 8.42 Å². The van der Waals surface area contributed by atoms with Crippen LogP contribution in [0.15, 0.2) is 29.2 Å². The van der Waals surface area contributed by atoms with Crippen molar-refractivity contribution in [2.75, 3.05) is 5.75 Å². The molecule has 0 fully saturated rings. The lowest BCUT2D eigenvalue weighted by Gasteiger charge is -2.14. The van der Waals surface area contributed by atoms with E-state index in [1.807, 2.05) is 19.1 Å². The average Bonchev–Trinajstić information content (AvgIpc) is 2.28. The third-order valence-electron chi connectivity index (χ3n) is 2.93. The predicted octanol–water partition coefficient (Wildman–Crippen LogP) is 3.76. The lowest BCUT2D eigenvalue weighted by Crippen LogP contribution is -2.07. The molecule has 96 valence electrons. The molecule has 0 heterocycles. The van der Waals surface area contributed by atoms with E-state index in [-0.39, 0.29) is 5.75 Å². The van der Waals surface area contributed by atoms with Crippen LogP contribution >= 0.6 is 15.9 Å². The number of halogens is 1. The molecule has 0 saturated heterocycles. The fourth-order valence-electron chi connectivity index (χ4n) is 1.63. The monoisotopic (exact) mass is 318 g/mol. The summed E-state index contributed by atoms with van der Waals surface area (Å²) in [5.41, 5.74) is 1.16. The Morgan fingerprint density at radius 3 is 2.12 bits per heavy atom. The van der Waals surface area contributed by atoms with Gasteiger partial charge in [-0.1, -0.05) is 48.8 Å². The van der Waals surface area contributed by atoms with Gasteiger partial charge in [-0.15, -0.1) is 0 Å². The number of sulfone groups is 1. The van der Waals surface area contributed by atoms with Crippen LogP contribution in [-0.2, 0) is 9.84 Å². The smallest absolute Gasteiger partial charge is 0.178 e. The number of hydrogen-bond acceptors (Lipinski definition) is 2. The van der Waals surface area contributed by atoms with Gasteiger partial charge in [-0.25, -0.2) is 8.42 Å². The predicted molar refractivity (Wildman–Crippen MR) is 75.6 cm³/mol. The zero-order valence-corrected chi connectivity index (χ0v) is 12.9. The third-order valence-corrected chi connectivity index (χ3v) is 5.66. The van der Waals surface area contributed by atoms with E-state index < -0.39 is 9.84 Å². The van der Waals surface area contributed by atoms with Gasteiger partial charge in [-0.3, -0.25) is 0 Å². The maximum absolute atomic E-state index is 11.8. The molecular formula is C13H19BrO2S. The molecule has 0 saturated carbocycles. The molecule has 0 aromatic heterocycles. The van der Waals surface area contributed by atoms with Crippen LogP contribution in [0.5, 0.6) is 0 Å². The number of alkyl halides is 1. The quantitative estimate of drug-likeness (QED) is 0.775. The van der Waals surface area contributed by atoms with Gasteiger partial charge < -0.3 is 0 Å². The summed E-state index contributed by atoms with van der Waals surface area (Å²) in [5, 5.41) is 0. The minimum Gasteiger partial charge on any atom is -0.224 e. The Kier molecular flexibility index (Phi) is 5.20. The summed E-state index contributed by atoms with van der Waals surface area (Å²) >= 11 is 3.54. The Bertz CT molecular complexity index is 449. The van der Waals surface area contributed by atoms with Crippen molar-refractivity contribution in [2.45, 2.75) is 42.8 Å². The standard InChI is InChI=1S/C13H19BrO2S/c1-4-9-17(15,16)13-7-5-12(6-8-13)10(2)11(3)14/h5-8,10-11H,4,9H2,1-3H3. The molecule has 4 heteroatoms. The van der Waals surface area contributed by atoms with Gasteiger partial charge in [0.1, 0.15) is 0 Å². The van der Waals surface area contributed by atoms with Crippen LogP contribution in [0, 0.1) is 0 Å². The molecule has 2 atom stereocenters. The van der Waals surface area contributed by atoms with Gasteiger partial charge in [0, 0.05) is 4.83 Å². The molecule has 0 bridgehead atoms. The maximum Gasteiger partial charge on any atom is 0.178 e. The Balaban J connectivity index is 2.96. The molecule has 1 aromatic rings. The molecule has 0 spiro atoms. The molecule has 0 aliphatic rings. The molecular weight excluding hydrogens is 300 g/mol. The topological polar surface area (TPSA) is 34.1 Å². The molecule has 0 aliphatic heterocycles. The normalized spacial score (nSPS) is 15.5. The van der Waals surface area contributed by atoms with Gasteiger partial charge >= 0.3 is 0 Å². The maximum atomic E-state index is 11.8. The Morgan fingerprint density at radius 1 is 1.18 bits per heavy atom. The zero-order valence-electron chi connectivity index (χ0n) is 10.5. The molecule has 0 N–H and O–H groups in total. The summed E-state index contributed by atoms with van der Waals surface area (Å²) in [6, 6.07) is 7.24. The summed E-state index contributed by atoms with van der Waals surface area (Å²) in [6.45, 7) is 6.09. The Labute approximate surface area is 112 Å². The first kappa shape index (κ1) is 14.7. The lowest BCUT2D eigenvalue weighted by atomic mass is 9.99. The molecule has 0 radical (unpaired) electrons. The molecule has 1 aromatic carbocycles. The largest absolute Gasteiger partial charge is 0.224 e. The van der Waals surface area contributed by atoms with Gasteiger partial charge in [0.25, 0.3) is 0 Å². The summed E-state index contributed by atoms with van der Waals surface area (Å²) in [7, 11) is -3.08. The van der Waals surface area contributed by atoms with Crippen molar-refractivity contribution >= 4 is 25.8 Å². The van der Waals surface area contributed by atoms with E-state index in [0.717, 1.165) is 5.56 Å². The Hall–Kier alpha value is -0.350. The summed E-state index contributed by atoms with van der Waals surface area (Å²) in [6.07, 6.45) is 0.652. The average molecular weight is 319 g/mol. The minimum atomic E-state index is -3.08. The highest BCUT2D eigenvalue weighted by Crippen LogP contribution is 2.25. The summed E-state index contributed by atoms with van der Waals surface area (Å²) < 4.78 is 23.7. The first-order valence-corrected chi connectivity index (χ1v) is 8.42. The van der Waals surface area contributed by atoms with Crippen LogP contribution in [-0.4, -0.2) is 19.0 Å². The van der Waals surface area contributed by atoms with Crippen molar-refractivity contribution < 1.29 is 8.42 Å².